The molecule has 3 rings (SSSR count). The summed E-state index contributed by atoms with van der Waals surface area (Å²) in [6, 6.07) is 8.55. The van der Waals surface area contributed by atoms with Crippen LogP contribution < -0.4 is 9.47 Å². The standard InChI is InChI=1S/C30H44O3/c1-5-7-9-11-13-15-17-31-25-21-27-26-20-23(3)19-24(4)29(26)33-30(27)28(22-25)32-18-16-14-12-10-8-6-2/h19-22H,5-18H2,1-4H3. The number of unbranched alkanes of at least 4 members (excludes halogenated alkanes) is 10. The van der Waals surface area contributed by atoms with Crippen LogP contribution in [0.1, 0.15) is 102 Å². The van der Waals surface area contributed by atoms with Crippen LogP contribution in [0.4, 0.5) is 0 Å². The molecule has 0 amide bonds. The summed E-state index contributed by atoms with van der Waals surface area (Å²) in [7, 11) is 0. The van der Waals surface area contributed by atoms with Crippen molar-refractivity contribution in [2.24, 2.45) is 0 Å². The first kappa shape index (κ1) is 25.5. The Morgan fingerprint density at radius 1 is 0.606 bits per heavy atom. The van der Waals surface area contributed by atoms with Crippen LogP contribution in [0.25, 0.3) is 21.9 Å². The van der Waals surface area contributed by atoms with E-state index in [1.165, 1.54) is 69.8 Å². The minimum Gasteiger partial charge on any atom is -0.493 e. The average Bonchev–Trinajstić information content (AvgIpc) is 3.17. The Hall–Kier alpha value is -2.16. The number of rotatable bonds is 16. The third-order valence-corrected chi connectivity index (χ3v) is 6.46. The van der Waals surface area contributed by atoms with E-state index in [-0.39, 0.29) is 0 Å². The summed E-state index contributed by atoms with van der Waals surface area (Å²) in [5, 5.41) is 2.24. The van der Waals surface area contributed by atoms with Gasteiger partial charge in [-0.3, -0.25) is 0 Å². The predicted molar refractivity (Wildman–Crippen MR) is 141 cm³/mol. The number of hydrogen-bond donors (Lipinski definition) is 0. The number of fused-ring (bicyclic) bond motifs is 3. The number of benzene rings is 2. The van der Waals surface area contributed by atoms with E-state index in [1.807, 2.05) is 6.07 Å². The van der Waals surface area contributed by atoms with E-state index in [9.17, 15) is 0 Å². The molecule has 0 spiro atoms. The van der Waals surface area contributed by atoms with E-state index in [2.05, 4.69) is 45.9 Å². The second-order valence-electron chi connectivity index (χ2n) is 9.59. The molecule has 0 saturated carbocycles. The van der Waals surface area contributed by atoms with Gasteiger partial charge in [0.25, 0.3) is 0 Å². The van der Waals surface area contributed by atoms with Crippen molar-refractivity contribution in [2.45, 2.75) is 105 Å². The molecular weight excluding hydrogens is 408 g/mol. The highest BCUT2D eigenvalue weighted by Crippen LogP contribution is 2.40. The van der Waals surface area contributed by atoms with Crippen molar-refractivity contribution in [3.05, 3.63) is 35.4 Å². The van der Waals surface area contributed by atoms with Gasteiger partial charge in [0, 0.05) is 16.8 Å². The average molecular weight is 453 g/mol. The maximum atomic E-state index is 6.33. The van der Waals surface area contributed by atoms with Gasteiger partial charge in [-0.2, -0.15) is 0 Å². The lowest BCUT2D eigenvalue weighted by atomic mass is 10.1. The molecule has 2 aromatic carbocycles. The van der Waals surface area contributed by atoms with Crippen LogP contribution in [0.2, 0.25) is 0 Å². The normalized spacial score (nSPS) is 11.5. The minimum atomic E-state index is 0.719. The summed E-state index contributed by atoms with van der Waals surface area (Å²) in [6.07, 6.45) is 15.1. The van der Waals surface area contributed by atoms with E-state index in [4.69, 9.17) is 13.9 Å². The van der Waals surface area contributed by atoms with Gasteiger partial charge in [-0.05, 0) is 49.9 Å². The molecule has 33 heavy (non-hydrogen) atoms. The Kier molecular flexibility index (Phi) is 10.4. The Morgan fingerprint density at radius 2 is 1.18 bits per heavy atom. The predicted octanol–water partition coefficient (Wildman–Crippen LogP) is 9.68. The molecule has 1 aromatic heterocycles. The number of aryl methyl sites for hydroxylation is 2. The van der Waals surface area contributed by atoms with Gasteiger partial charge in [0.05, 0.1) is 13.2 Å². The first-order valence-corrected chi connectivity index (χ1v) is 13.4. The van der Waals surface area contributed by atoms with Gasteiger partial charge in [-0.1, -0.05) is 84.1 Å². The van der Waals surface area contributed by atoms with Gasteiger partial charge in [0.1, 0.15) is 11.3 Å². The van der Waals surface area contributed by atoms with Gasteiger partial charge >= 0.3 is 0 Å². The molecular formula is C30H44O3. The molecule has 182 valence electrons. The molecule has 0 aliphatic carbocycles. The molecule has 0 radical (unpaired) electrons. The zero-order chi connectivity index (χ0) is 23.5. The monoisotopic (exact) mass is 452 g/mol. The van der Waals surface area contributed by atoms with Crippen molar-refractivity contribution < 1.29 is 13.9 Å². The molecule has 0 aliphatic heterocycles. The zero-order valence-corrected chi connectivity index (χ0v) is 21.4. The van der Waals surface area contributed by atoms with Gasteiger partial charge in [0.15, 0.2) is 11.3 Å². The summed E-state index contributed by atoms with van der Waals surface area (Å²) in [6.45, 7) is 10.2. The molecule has 0 fully saturated rings. The summed E-state index contributed by atoms with van der Waals surface area (Å²) < 4.78 is 18.8. The van der Waals surface area contributed by atoms with Crippen LogP contribution in [-0.2, 0) is 0 Å². The van der Waals surface area contributed by atoms with Gasteiger partial charge < -0.3 is 13.9 Å². The minimum absolute atomic E-state index is 0.719. The maximum absolute atomic E-state index is 6.33. The van der Waals surface area contributed by atoms with Crippen molar-refractivity contribution in [3.8, 4) is 11.5 Å². The van der Waals surface area contributed by atoms with Crippen LogP contribution in [0.15, 0.2) is 28.7 Å². The highest BCUT2D eigenvalue weighted by molar-refractivity contribution is 6.08. The fraction of sp³-hybridized carbons (Fsp3) is 0.600. The lowest BCUT2D eigenvalue weighted by Crippen LogP contribution is -2.00. The number of ether oxygens (including phenoxy) is 2. The first-order valence-electron chi connectivity index (χ1n) is 13.4. The molecule has 1 heterocycles. The molecule has 3 nitrogen and oxygen atoms in total. The van der Waals surface area contributed by atoms with E-state index in [1.54, 1.807) is 0 Å². The molecule has 0 N–H and O–H groups in total. The second-order valence-corrected chi connectivity index (χ2v) is 9.59. The fourth-order valence-corrected chi connectivity index (χ4v) is 4.60. The third kappa shape index (κ3) is 7.42. The fourth-order valence-electron chi connectivity index (χ4n) is 4.60. The summed E-state index contributed by atoms with van der Waals surface area (Å²) >= 11 is 0. The molecule has 3 heteroatoms. The molecule has 0 aliphatic rings. The molecule has 0 unspecified atom stereocenters. The van der Waals surface area contributed by atoms with Crippen LogP contribution in [0.3, 0.4) is 0 Å². The van der Waals surface area contributed by atoms with Crippen molar-refractivity contribution in [1.29, 1.82) is 0 Å². The van der Waals surface area contributed by atoms with Crippen LogP contribution >= 0.6 is 0 Å². The molecule has 0 bridgehead atoms. The van der Waals surface area contributed by atoms with E-state index >= 15 is 0 Å². The quantitative estimate of drug-likeness (QED) is 0.203. The van der Waals surface area contributed by atoms with Crippen LogP contribution in [0.5, 0.6) is 11.5 Å². The van der Waals surface area contributed by atoms with Gasteiger partial charge in [-0.15, -0.1) is 0 Å². The Morgan fingerprint density at radius 3 is 1.85 bits per heavy atom. The zero-order valence-electron chi connectivity index (χ0n) is 21.4. The third-order valence-electron chi connectivity index (χ3n) is 6.46. The van der Waals surface area contributed by atoms with E-state index < -0.39 is 0 Å². The number of hydrogen-bond acceptors (Lipinski definition) is 3. The Bertz CT molecular complexity index is 985. The van der Waals surface area contributed by atoms with Gasteiger partial charge in [-0.25, -0.2) is 0 Å². The highest BCUT2D eigenvalue weighted by atomic mass is 16.5. The lowest BCUT2D eigenvalue weighted by molar-refractivity contribution is 0.290. The summed E-state index contributed by atoms with van der Waals surface area (Å²) in [4.78, 5) is 0. The smallest absolute Gasteiger partial charge is 0.177 e. The van der Waals surface area contributed by atoms with Crippen molar-refractivity contribution in [2.75, 3.05) is 13.2 Å². The van der Waals surface area contributed by atoms with Gasteiger partial charge in [0.2, 0.25) is 0 Å². The SMILES string of the molecule is CCCCCCCCOc1cc(OCCCCCCCC)c2oc3c(C)cc(C)cc3c2c1. The van der Waals surface area contributed by atoms with E-state index in [0.29, 0.717) is 0 Å². The molecule has 0 atom stereocenters. The van der Waals surface area contributed by atoms with Crippen LogP contribution in [-0.4, -0.2) is 13.2 Å². The Balaban J connectivity index is 1.72. The molecule has 3 aromatic rings. The van der Waals surface area contributed by atoms with Crippen LogP contribution in [0, 0.1) is 13.8 Å². The highest BCUT2D eigenvalue weighted by Gasteiger charge is 2.16. The topological polar surface area (TPSA) is 31.6 Å². The second kappa shape index (κ2) is 13.5. The number of furan rings is 1. The maximum Gasteiger partial charge on any atom is 0.177 e. The first-order chi connectivity index (χ1) is 16.1. The summed E-state index contributed by atoms with van der Waals surface area (Å²) in [5.41, 5.74) is 4.21. The largest absolute Gasteiger partial charge is 0.493 e. The van der Waals surface area contributed by atoms with Crippen molar-refractivity contribution in [1.82, 2.24) is 0 Å². The van der Waals surface area contributed by atoms with Crippen molar-refractivity contribution in [3.63, 3.8) is 0 Å². The lowest BCUT2D eigenvalue weighted by Gasteiger charge is -2.11. The molecule has 0 saturated heterocycles. The summed E-state index contributed by atoms with van der Waals surface area (Å²) in [5.74, 6) is 1.70. The van der Waals surface area contributed by atoms with Crippen molar-refractivity contribution >= 4 is 21.9 Å². The Labute approximate surface area is 200 Å². The van der Waals surface area contributed by atoms with E-state index in [0.717, 1.165) is 65.1 Å².